The number of anilines is 1. The molecule has 0 saturated heterocycles. The van der Waals surface area contributed by atoms with Crippen molar-refractivity contribution in [2.75, 3.05) is 5.32 Å². The highest BCUT2D eigenvalue weighted by atomic mass is 35.5. The average molecular weight is 330 g/mol. The molecule has 1 aromatic carbocycles. The maximum atomic E-state index is 12.3. The Balaban J connectivity index is 1.71. The molecule has 7 heteroatoms. The number of nitrogens with zero attached hydrogens (tertiary/aromatic N) is 4. The minimum absolute atomic E-state index is 0.320. The minimum Gasteiger partial charge on any atom is -0.304 e. The van der Waals surface area contributed by atoms with E-state index in [4.69, 9.17) is 11.6 Å². The van der Waals surface area contributed by atoms with E-state index in [1.165, 1.54) is 6.20 Å². The summed E-state index contributed by atoms with van der Waals surface area (Å²) in [7, 11) is 0. The largest absolute Gasteiger partial charge is 0.304 e. The molecular formula is C16H16ClN5O. The van der Waals surface area contributed by atoms with Gasteiger partial charge < -0.3 is 5.32 Å². The van der Waals surface area contributed by atoms with Gasteiger partial charge in [-0.05, 0) is 12.5 Å². The summed E-state index contributed by atoms with van der Waals surface area (Å²) in [6.45, 7) is 3.11. The second-order valence-corrected chi connectivity index (χ2v) is 5.40. The molecule has 6 nitrogen and oxygen atoms in total. The second kappa shape index (κ2) is 6.66. The Hall–Kier alpha value is -2.60. The Bertz CT molecular complexity index is 809. The number of hydrogen-bond acceptors (Lipinski definition) is 3. The summed E-state index contributed by atoms with van der Waals surface area (Å²) in [5.41, 5.74) is 1.48. The van der Waals surface area contributed by atoms with Gasteiger partial charge in [-0.25, -0.2) is 0 Å². The molecule has 1 amide bonds. The van der Waals surface area contributed by atoms with Crippen LogP contribution in [-0.4, -0.2) is 25.5 Å². The van der Waals surface area contributed by atoms with Crippen molar-refractivity contribution in [3.8, 4) is 0 Å². The van der Waals surface area contributed by atoms with Crippen molar-refractivity contribution >= 4 is 23.3 Å². The first-order chi connectivity index (χ1) is 11.2. The zero-order valence-electron chi connectivity index (χ0n) is 12.6. The van der Waals surface area contributed by atoms with Crippen LogP contribution in [0, 0.1) is 0 Å². The van der Waals surface area contributed by atoms with Crippen LogP contribution in [0.3, 0.4) is 0 Å². The van der Waals surface area contributed by atoms with E-state index in [0.29, 0.717) is 29.6 Å². The van der Waals surface area contributed by atoms with Gasteiger partial charge in [0.05, 0.1) is 17.8 Å². The Morgan fingerprint density at radius 1 is 1.26 bits per heavy atom. The van der Waals surface area contributed by atoms with Crippen LogP contribution in [0.4, 0.5) is 5.82 Å². The predicted molar refractivity (Wildman–Crippen MR) is 88.6 cm³/mol. The van der Waals surface area contributed by atoms with Crippen molar-refractivity contribution in [3.63, 3.8) is 0 Å². The zero-order valence-corrected chi connectivity index (χ0v) is 13.4. The lowest BCUT2D eigenvalue weighted by Gasteiger charge is -2.05. The third kappa shape index (κ3) is 3.43. The number of hydrogen-bond donors (Lipinski definition) is 1. The summed E-state index contributed by atoms with van der Waals surface area (Å²) in [6.07, 6.45) is 3.29. The van der Waals surface area contributed by atoms with Gasteiger partial charge in [0.2, 0.25) is 0 Å². The van der Waals surface area contributed by atoms with Gasteiger partial charge in [-0.2, -0.15) is 10.2 Å². The molecule has 0 aliphatic carbocycles. The third-order valence-electron chi connectivity index (χ3n) is 3.38. The van der Waals surface area contributed by atoms with Crippen LogP contribution in [0.1, 0.15) is 23.0 Å². The van der Waals surface area contributed by atoms with Crippen LogP contribution in [0.15, 0.2) is 48.8 Å². The molecule has 0 atom stereocenters. The van der Waals surface area contributed by atoms with Gasteiger partial charge in [0.15, 0.2) is 5.82 Å². The first kappa shape index (κ1) is 15.3. The van der Waals surface area contributed by atoms with E-state index in [1.54, 1.807) is 15.4 Å². The molecule has 2 heterocycles. The lowest BCUT2D eigenvalue weighted by Crippen LogP contribution is -2.18. The molecule has 0 bridgehead atoms. The Labute approximate surface area is 138 Å². The lowest BCUT2D eigenvalue weighted by molar-refractivity contribution is 0.101. The molecule has 3 aromatic rings. The minimum atomic E-state index is -0.320. The molecule has 0 aliphatic rings. The molecule has 0 radical (unpaired) electrons. The number of rotatable bonds is 5. The standard InChI is InChI=1S/C16H16ClN5O/c1-2-22-15(13(17)10-18-22)16(23)19-14-8-9-21(20-14)11-12-6-4-3-5-7-12/h3-10H,2,11H2,1H3,(H,19,20,23). The molecule has 2 aromatic heterocycles. The fraction of sp³-hybridized carbons (Fsp3) is 0.188. The lowest BCUT2D eigenvalue weighted by atomic mass is 10.2. The summed E-state index contributed by atoms with van der Waals surface area (Å²) < 4.78 is 3.32. The number of amides is 1. The maximum absolute atomic E-state index is 12.3. The molecule has 0 saturated carbocycles. The van der Waals surface area contributed by atoms with E-state index in [-0.39, 0.29) is 5.91 Å². The number of aryl methyl sites for hydroxylation is 1. The van der Waals surface area contributed by atoms with Gasteiger partial charge >= 0.3 is 0 Å². The van der Waals surface area contributed by atoms with E-state index in [1.807, 2.05) is 43.5 Å². The molecule has 1 N–H and O–H groups in total. The molecule has 0 spiro atoms. The third-order valence-corrected chi connectivity index (χ3v) is 3.66. The van der Waals surface area contributed by atoms with Gasteiger partial charge in [-0.15, -0.1) is 0 Å². The van der Waals surface area contributed by atoms with Crippen LogP contribution in [-0.2, 0) is 13.1 Å². The fourth-order valence-electron chi connectivity index (χ4n) is 2.29. The maximum Gasteiger partial charge on any atom is 0.276 e. The normalized spacial score (nSPS) is 10.7. The summed E-state index contributed by atoms with van der Waals surface area (Å²) in [4.78, 5) is 12.3. The molecule has 0 aliphatic heterocycles. The molecule has 0 fully saturated rings. The Kier molecular flexibility index (Phi) is 4.43. The summed E-state index contributed by atoms with van der Waals surface area (Å²) in [6, 6.07) is 11.7. The second-order valence-electron chi connectivity index (χ2n) is 5.00. The number of carbonyl (C=O) groups is 1. The summed E-state index contributed by atoms with van der Waals surface area (Å²) in [5.74, 6) is 0.158. The number of carbonyl (C=O) groups excluding carboxylic acids is 1. The highest BCUT2D eigenvalue weighted by Gasteiger charge is 2.17. The van der Waals surface area contributed by atoms with Crippen LogP contribution < -0.4 is 5.32 Å². The Morgan fingerprint density at radius 2 is 2.04 bits per heavy atom. The van der Waals surface area contributed by atoms with Crippen molar-refractivity contribution in [3.05, 3.63) is 65.1 Å². The van der Waals surface area contributed by atoms with Crippen molar-refractivity contribution in [1.29, 1.82) is 0 Å². The first-order valence-corrected chi connectivity index (χ1v) is 7.65. The van der Waals surface area contributed by atoms with Gasteiger partial charge in [0.1, 0.15) is 5.69 Å². The number of benzene rings is 1. The van der Waals surface area contributed by atoms with Crippen molar-refractivity contribution < 1.29 is 4.79 Å². The fourth-order valence-corrected chi connectivity index (χ4v) is 2.52. The molecule has 0 unspecified atom stereocenters. The van der Waals surface area contributed by atoms with E-state index in [9.17, 15) is 4.79 Å². The quantitative estimate of drug-likeness (QED) is 0.782. The molecule has 3 rings (SSSR count). The topological polar surface area (TPSA) is 64.7 Å². The SMILES string of the molecule is CCn1ncc(Cl)c1C(=O)Nc1ccn(Cc2ccccc2)n1. The summed E-state index contributed by atoms with van der Waals surface area (Å²) in [5, 5.41) is 11.5. The van der Waals surface area contributed by atoms with E-state index in [2.05, 4.69) is 15.5 Å². The van der Waals surface area contributed by atoms with Gasteiger partial charge in [-0.1, -0.05) is 41.9 Å². The predicted octanol–water partition coefficient (Wildman–Crippen LogP) is 3.05. The van der Waals surface area contributed by atoms with Crippen LogP contribution >= 0.6 is 11.6 Å². The first-order valence-electron chi connectivity index (χ1n) is 7.27. The van der Waals surface area contributed by atoms with Crippen LogP contribution in [0.5, 0.6) is 0 Å². The Morgan fingerprint density at radius 3 is 2.78 bits per heavy atom. The number of nitrogens with one attached hydrogen (secondary N) is 1. The highest BCUT2D eigenvalue weighted by Crippen LogP contribution is 2.17. The van der Waals surface area contributed by atoms with Crippen LogP contribution in [0.25, 0.3) is 0 Å². The average Bonchev–Trinajstić information content (AvgIpc) is 3.14. The zero-order chi connectivity index (χ0) is 16.2. The van der Waals surface area contributed by atoms with Gasteiger partial charge in [0.25, 0.3) is 5.91 Å². The highest BCUT2D eigenvalue weighted by molar-refractivity contribution is 6.34. The molecule has 23 heavy (non-hydrogen) atoms. The van der Waals surface area contributed by atoms with Gasteiger partial charge in [0, 0.05) is 18.8 Å². The van der Waals surface area contributed by atoms with Crippen molar-refractivity contribution in [1.82, 2.24) is 19.6 Å². The van der Waals surface area contributed by atoms with Gasteiger partial charge in [-0.3, -0.25) is 14.2 Å². The van der Waals surface area contributed by atoms with E-state index >= 15 is 0 Å². The molecular weight excluding hydrogens is 314 g/mol. The number of aromatic nitrogens is 4. The van der Waals surface area contributed by atoms with Crippen molar-refractivity contribution in [2.45, 2.75) is 20.0 Å². The number of halogens is 1. The van der Waals surface area contributed by atoms with Crippen LogP contribution in [0.2, 0.25) is 5.02 Å². The van der Waals surface area contributed by atoms with Crippen molar-refractivity contribution in [2.24, 2.45) is 0 Å². The van der Waals surface area contributed by atoms with E-state index < -0.39 is 0 Å². The monoisotopic (exact) mass is 329 g/mol. The smallest absolute Gasteiger partial charge is 0.276 e. The molecule has 118 valence electrons. The van der Waals surface area contributed by atoms with E-state index in [0.717, 1.165) is 5.56 Å². The summed E-state index contributed by atoms with van der Waals surface area (Å²) >= 11 is 6.03.